The molecule has 0 radical (unpaired) electrons. The molecule has 0 fully saturated rings. The first-order chi connectivity index (χ1) is 9.88. The highest BCUT2D eigenvalue weighted by Gasteiger charge is 2.34. The third-order valence-corrected chi connectivity index (χ3v) is 3.05. The molecule has 0 aliphatic heterocycles. The molecule has 0 aliphatic rings. The third kappa shape index (κ3) is 3.81. The number of carbonyl (C=O) groups excluding carboxylic acids is 1. The van der Waals surface area contributed by atoms with Gasteiger partial charge < -0.3 is 5.73 Å². The summed E-state index contributed by atoms with van der Waals surface area (Å²) in [4.78, 5) is 15.6. The van der Waals surface area contributed by atoms with Gasteiger partial charge in [0.15, 0.2) is 5.78 Å². The number of rotatable bonds is 4. The zero-order valence-electron chi connectivity index (χ0n) is 11.0. The SMILES string of the molecule is Nc1ccc(CCC(=O)c2cnccc2C(F)(F)F)cc1. The number of hydrogen-bond acceptors (Lipinski definition) is 3. The summed E-state index contributed by atoms with van der Waals surface area (Å²) in [5.74, 6) is -0.577. The first kappa shape index (κ1) is 15.0. The van der Waals surface area contributed by atoms with E-state index in [9.17, 15) is 18.0 Å². The third-order valence-electron chi connectivity index (χ3n) is 3.05. The quantitative estimate of drug-likeness (QED) is 0.693. The molecule has 0 bridgehead atoms. The van der Waals surface area contributed by atoms with Crippen molar-refractivity contribution < 1.29 is 18.0 Å². The Bertz CT molecular complexity index is 636. The van der Waals surface area contributed by atoms with Crippen molar-refractivity contribution in [1.82, 2.24) is 4.98 Å². The number of Topliss-reactive ketones (excluding diaryl/α,β-unsaturated/α-hetero) is 1. The molecule has 2 aromatic rings. The molecule has 0 spiro atoms. The minimum atomic E-state index is -4.56. The smallest absolute Gasteiger partial charge is 0.399 e. The molecule has 0 aliphatic carbocycles. The van der Waals surface area contributed by atoms with Crippen molar-refractivity contribution in [2.24, 2.45) is 0 Å². The van der Waals surface area contributed by atoms with Crippen molar-refractivity contribution >= 4 is 11.5 Å². The molecule has 0 saturated carbocycles. The van der Waals surface area contributed by atoms with Crippen LogP contribution in [0.4, 0.5) is 18.9 Å². The standard InChI is InChI=1S/C15H13F3N2O/c16-15(17,18)13-7-8-20-9-12(13)14(21)6-3-10-1-4-11(19)5-2-10/h1-2,4-5,7-9H,3,6,19H2. The average molecular weight is 294 g/mol. The number of pyridine rings is 1. The number of aryl methyl sites for hydroxylation is 1. The minimum Gasteiger partial charge on any atom is -0.399 e. The molecule has 0 amide bonds. The van der Waals surface area contributed by atoms with Crippen molar-refractivity contribution in [2.75, 3.05) is 5.73 Å². The van der Waals surface area contributed by atoms with Gasteiger partial charge in [0.05, 0.1) is 5.56 Å². The number of alkyl halides is 3. The highest BCUT2D eigenvalue weighted by Crippen LogP contribution is 2.32. The number of nitrogen functional groups attached to an aromatic ring is 1. The lowest BCUT2D eigenvalue weighted by Crippen LogP contribution is -2.14. The number of benzene rings is 1. The van der Waals surface area contributed by atoms with Gasteiger partial charge in [-0.3, -0.25) is 9.78 Å². The van der Waals surface area contributed by atoms with E-state index in [1.165, 1.54) is 0 Å². The van der Waals surface area contributed by atoms with Gasteiger partial charge in [-0.2, -0.15) is 13.2 Å². The molecule has 0 saturated heterocycles. The summed E-state index contributed by atoms with van der Waals surface area (Å²) in [6.07, 6.45) is -2.23. The number of hydrogen-bond donors (Lipinski definition) is 1. The highest BCUT2D eigenvalue weighted by atomic mass is 19.4. The van der Waals surface area contributed by atoms with E-state index >= 15 is 0 Å². The lowest BCUT2D eigenvalue weighted by Gasteiger charge is -2.11. The Hall–Kier alpha value is -2.37. The second-order valence-corrected chi connectivity index (χ2v) is 4.58. The Morgan fingerprint density at radius 2 is 1.81 bits per heavy atom. The first-order valence-electron chi connectivity index (χ1n) is 6.27. The van der Waals surface area contributed by atoms with Crippen LogP contribution in [0.1, 0.15) is 27.9 Å². The van der Waals surface area contributed by atoms with Crippen molar-refractivity contribution in [1.29, 1.82) is 0 Å². The van der Waals surface area contributed by atoms with E-state index in [2.05, 4.69) is 4.98 Å². The Morgan fingerprint density at radius 3 is 2.43 bits per heavy atom. The van der Waals surface area contributed by atoms with Crippen LogP contribution in [0.15, 0.2) is 42.7 Å². The number of anilines is 1. The zero-order valence-corrected chi connectivity index (χ0v) is 11.0. The van der Waals surface area contributed by atoms with Crippen LogP contribution in [0.3, 0.4) is 0 Å². The molecular formula is C15H13F3N2O. The summed E-state index contributed by atoms with van der Waals surface area (Å²) >= 11 is 0. The molecular weight excluding hydrogens is 281 g/mol. The molecule has 1 aromatic heterocycles. The van der Waals surface area contributed by atoms with Gasteiger partial charge in [-0.1, -0.05) is 12.1 Å². The zero-order chi connectivity index (χ0) is 15.5. The molecule has 1 heterocycles. The summed E-state index contributed by atoms with van der Waals surface area (Å²) < 4.78 is 38.5. The Morgan fingerprint density at radius 1 is 1.14 bits per heavy atom. The Labute approximate surface area is 119 Å². The van der Waals surface area contributed by atoms with Gasteiger partial charge in [-0.15, -0.1) is 0 Å². The first-order valence-corrected chi connectivity index (χ1v) is 6.27. The minimum absolute atomic E-state index is 0.0152. The van der Waals surface area contributed by atoms with Crippen LogP contribution < -0.4 is 5.73 Å². The topological polar surface area (TPSA) is 56.0 Å². The molecule has 0 atom stereocenters. The van der Waals surface area contributed by atoms with Crippen LogP contribution in [-0.4, -0.2) is 10.8 Å². The molecule has 2 N–H and O–H groups in total. The van der Waals surface area contributed by atoms with Crippen molar-refractivity contribution in [3.8, 4) is 0 Å². The summed E-state index contributed by atoms with van der Waals surface area (Å²) in [5, 5.41) is 0. The van der Waals surface area contributed by atoms with E-state index in [4.69, 9.17) is 5.73 Å². The van der Waals surface area contributed by atoms with Crippen molar-refractivity contribution in [3.63, 3.8) is 0 Å². The predicted molar refractivity (Wildman–Crippen MR) is 72.7 cm³/mol. The molecule has 6 heteroatoms. The Kier molecular flexibility index (Phi) is 4.26. The van der Waals surface area contributed by atoms with Gasteiger partial charge in [0.2, 0.25) is 0 Å². The summed E-state index contributed by atoms with van der Waals surface area (Å²) in [5.41, 5.74) is 5.64. The van der Waals surface area contributed by atoms with Gasteiger partial charge in [-0.05, 0) is 30.2 Å². The predicted octanol–water partition coefficient (Wildman–Crippen LogP) is 3.50. The number of ketones is 1. The van der Waals surface area contributed by atoms with Crippen LogP contribution in [0.5, 0.6) is 0 Å². The average Bonchev–Trinajstić information content (AvgIpc) is 2.45. The fraction of sp³-hybridized carbons (Fsp3) is 0.200. The number of nitrogens with two attached hydrogens (primary N) is 1. The lowest BCUT2D eigenvalue weighted by atomic mass is 10.00. The fourth-order valence-electron chi connectivity index (χ4n) is 1.94. The van der Waals surface area contributed by atoms with E-state index in [-0.39, 0.29) is 12.0 Å². The maximum absolute atomic E-state index is 12.8. The van der Waals surface area contributed by atoms with Gasteiger partial charge >= 0.3 is 6.18 Å². The molecule has 110 valence electrons. The van der Waals surface area contributed by atoms with Gasteiger partial charge in [0.25, 0.3) is 0 Å². The normalized spacial score (nSPS) is 11.4. The fourth-order valence-corrected chi connectivity index (χ4v) is 1.94. The largest absolute Gasteiger partial charge is 0.417 e. The molecule has 21 heavy (non-hydrogen) atoms. The van der Waals surface area contributed by atoms with E-state index in [0.29, 0.717) is 12.1 Å². The molecule has 3 nitrogen and oxygen atoms in total. The highest BCUT2D eigenvalue weighted by molar-refractivity contribution is 5.97. The van der Waals surface area contributed by atoms with Gasteiger partial charge in [0, 0.05) is 30.1 Å². The number of nitrogens with zero attached hydrogens (tertiary/aromatic N) is 1. The second-order valence-electron chi connectivity index (χ2n) is 4.58. The van der Waals surface area contributed by atoms with E-state index in [0.717, 1.165) is 24.0 Å². The van der Waals surface area contributed by atoms with Crippen LogP contribution in [0.25, 0.3) is 0 Å². The molecule has 0 unspecified atom stereocenters. The summed E-state index contributed by atoms with van der Waals surface area (Å²) in [6.45, 7) is 0. The second kappa shape index (κ2) is 5.95. The lowest BCUT2D eigenvalue weighted by molar-refractivity contribution is -0.138. The number of halogens is 3. The van der Waals surface area contributed by atoms with Crippen molar-refractivity contribution in [3.05, 3.63) is 59.4 Å². The van der Waals surface area contributed by atoms with Crippen LogP contribution in [0, 0.1) is 0 Å². The molecule has 2 rings (SSSR count). The van der Waals surface area contributed by atoms with Crippen LogP contribution in [-0.2, 0) is 12.6 Å². The summed E-state index contributed by atoms with van der Waals surface area (Å²) in [7, 11) is 0. The van der Waals surface area contributed by atoms with Crippen LogP contribution in [0.2, 0.25) is 0 Å². The molecule has 1 aromatic carbocycles. The van der Waals surface area contributed by atoms with E-state index < -0.39 is 17.5 Å². The van der Waals surface area contributed by atoms with Gasteiger partial charge in [0.1, 0.15) is 0 Å². The summed E-state index contributed by atoms with van der Waals surface area (Å²) in [6, 6.07) is 7.68. The van der Waals surface area contributed by atoms with Gasteiger partial charge in [-0.25, -0.2) is 0 Å². The number of aromatic nitrogens is 1. The maximum Gasteiger partial charge on any atom is 0.417 e. The van der Waals surface area contributed by atoms with Crippen molar-refractivity contribution in [2.45, 2.75) is 19.0 Å². The Balaban J connectivity index is 2.12. The van der Waals surface area contributed by atoms with E-state index in [1.54, 1.807) is 24.3 Å². The van der Waals surface area contributed by atoms with E-state index in [1.807, 2.05) is 0 Å². The number of carbonyl (C=O) groups is 1. The van der Waals surface area contributed by atoms with Crippen LogP contribution >= 0.6 is 0 Å². The monoisotopic (exact) mass is 294 g/mol. The maximum atomic E-state index is 12.8.